The number of allylic oxidation sites excluding steroid dienone is 1. The quantitative estimate of drug-likeness (QED) is 0.437. The van der Waals surface area contributed by atoms with E-state index < -0.39 is 41.2 Å². The lowest BCUT2D eigenvalue weighted by atomic mass is 9.31. The van der Waals surface area contributed by atoms with Gasteiger partial charge in [0.2, 0.25) is 0 Å². The highest BCUT2D eigenvalue weighted by atomic mass is 16.3. The van der Waals surface area contributed by atoms with E-state index in [1.807, 2.05) is 0 Å². The van der Waals surface area contributed by atoms with Crippen LogP contribution in [0, 0.1) is 51.2 Å². The molecule has 186 valence electrons. The molecule has 0 saturated heterocycles. The minimum atomic E-state index is -0.973. The molecule has 4 nitrogen and oxygen atoms in total. The van der Waals surface area contributed by atoms with Gasteiger partial charge in [0.15, 0.2) is 0 Å². The van der Waals surface area contributed by atoms with Gasteiger partial charge in [-0.15, -0.1) is 0 Å². The number of aliphatic hydroxyl groups excluding tert-OH is 4. The molecular weight excluding hydrogens is 412 g/mol. The van der Waals surface area contributed by atoms with E-state index in [0.29, 0.717) is 29.7 Å². The van der Waals surface area contributed by atoms with Gasteiger partial charge in [-0.1, -0.05) is 46.4 Å². The Hall–Kier alpha value is -0.680. The average molecular weight is 459 g/mol. The third kappa shape index (κ3) is 2.68. The fourth-order valence-corrected chi connectivity index (χ4v) is 11.1. The molecule has 5 saturated carbocycles. The lowest BCUT2D eigenvalue weighted by molar-refractivity contribution is -0.314. The summed E-state index contributed by atoms with van der Waals surface area (Å²) in [7, 11) is 0. The number of rotatable bonds is 1. The zero-order chi connectivity index (χ0) is 24.3. The molecule has 5 aliphatic carbocycles. The van der Waals surface area contributed by atoms with E-state index in [0.717, 1.165) is 32.1 Å². The van der Waals surface area contributed by atoms with E-state index >= 15 is 0 Å². The van der Waals surface area contributed by atoms with Gasteiger partial charge in [0.1, 0.15) is 0 Å². The monoisotopic (exact) mass is 458 g/mol. The van der Waals surface area contributed by atoms with Crippen molar-refractivity contribution in [3.8, 4) is 0 Å². The first-order chi connectivity index (χ1) is 15.2. The van der Waals surface area contributed by atoms with Gasteiger partial charge >= 0.3 is 0 Å². The van der Waals surface area contributed by atoms with E-state index in [9.17, 15) is 20.4 Å². The Morgan fingerprint density at radius 1 is 0.909 bits per heavy atom. The van der Waals surface area contributed by atoms with Crippen molar-refractivity contribution in [3.05, 3.63) is 24.3 Å². The molecule has 0 aromatic heterocycles. The number of hydrogen-bond donors (Lipinski definition) is 4. The molecule has 13 atom stereocenters. The van der Waals surface area contributed by atoms with Crippen molar-refractivity contribution in [2.75, 3.05) is 0 Å². The van der Waals surface area contributed by atoms with E-state index in [2.05, 4.69) is 47.8 Å². The van der Waals surface area contributed by atoms with Crippen LogP contribution in [0.1, 0.15) is 79.6 Å². The fourth-order valence-electron chi connectivity index (χ4n) is 11.1. The molecule has 33 heavy (non-hydrogen) atoms. The van der Waals surface area contributed by atoms with Gasteiger partial charge in [-0.3, -0.25) is 0 Å². The zero-order valence-electron chi connectivity index (χ0n) is 21.3. The van der Waals surface area contributed by atoms with Crippen molar-refractivity contribution >= 4 is 0 Å². The lowest BCUT2D eigenvalue weighted by Crippen LogP contribution is -2.75. The zero-order valence-corrected chi connectivity index (χ0v) is 21.3. The third-order valence-corrected chi connectivity index (χ3v) is 12.7. The predicted octanol–water partition coefficient (Wildman–Crippen LogP) is 4.47. The van der Waals surface area contributed by atoms with Gasteiger partial charge < -0.3 is 20.4 Å². The van der Waals surface area contributed by atoms with Crippen LogP contribution in [0.25, 0.3) is 0 Å². The summed E-state index contributed by atoms with van der Waals surface area (Å²) in [5.74, 6) is 0.893. The van der Waals surface area contributed by atoms with Crippen LogP contribution in [0.3, 0.4) is 0 Å². The summed E-state index contributed by atoms with van der Waals surface area (Å²) < 4.78 is 0. The molecule has 0 heterocycles. The second kappa shape index (κ2) is 7.18. The van der Waals surface area contributed by atoms with Gasteiger partial charge in [-0.2, -0.15) is 0 Å². The smallest absolute Gasteiger partial charge is 0.0876 e. The normalized spacial score (nSPS) is 60.4. The van der Waals surface area contributed by atoms with Crippen molar-refractivity contribution in [3.63, 3.8) is 0 Å². The van der Waals surface area contributed by atoms with E-state index in [-0.39, 0.29) is 16.7 Å². The Kier molecular flexibility index (Phi) is 5.23. The van der Waals surface area contributed by atoms with Crippen LogP contribution in [0.5, 0.6) is 0 Å². The van der Waals surface area contributed by atoms with Crippen LogP contribution in [0.4, 0.5) is 0 Å². The molecule has 4 unspecified atom stereocenters. The van der Waals surface area contributed by atoms with Crippen LogP contribution in [-0.4, -0.2) is 44.8 Å². The fraction of sp³-hybridized carbons (Fsp3) is 0.862. The molecule has 5 fully saturated rings. The maximum atomic E-state index is 11.9. The molecule has 5 aliphatic rings. The van der Waals surface area contributed by atoms with E-state index in [1.54, 1.807) is 0 Å². The van der Waals surface area contributed by atoms with E-state index in [1.165, 1.54) is 12.0 Å². The van der Waals surface area contributed by atoms with Crippen molar-refractivity contribution in [2.45, 2.75) is 104 Å². The first-order valence-electron chi connectivity index (χ1n) is 13.3. The molecule has 4 N–H and O–H groups in total. The average Bonchev–Trinajstić information content (AvgIpc) is 3.09. The molecule has 0 aromatic rings. The van der Waals surface area contributed by atoms with Crippen LogP contribution in [0.15, 0.2) is 24.3 Å². The summed E-state index contributed by atoms with van der Waals surface area (Å²) in [5, 5.41) is 45.9. The standard InChI is InChI=1S/C29H46O4/c1-15(2)17-8-11-26(4)18(17)9-13-28(6)21(26)14-20(31)24-27(5)12-10-19(30)16(3)22(27)23(32)25(33)29(24,28)7/h17-25,30-33H,1,3,8-14H2,2,4-7H3/t17-,18?,19-,20+,21?,22?,23-,24?,25-,26-,27-,28+,29-/m0/s1. The second-order valence-electron chi connectivity index (χ2n) is 13.7. The maximum absolute atomic E-state index is 11.9. The summed E-state index contributed by atoms with van der Waals surface area (Å²) in [6, 6.07) is 0. The molecule has 0 radical (unpaired) electrons. The minimum absolute atomic E-state index is 0.111. The first-order valence-corrected chi connectivity index (χ1v) is 13.3. The highest BCUT2D eigenvalue weighted by Gasteiger charge is 2.75. The third-order valence-electron chi connectivity index (χ3n) is 12.7. The molecule has 0 amide bonds. The van der Waals surface area contributed by atoms with Crippen LogP contribution in [0.2, 0.25) is 0 Å². The highest BCUT2D eigenvalue weighted by Crippen LogP contribution is 2.77. The largest absolute Gasteiger partial charge is 0.393 e. The Morgan fingerprint density at radius 3 is 2.18 bits per heavy atom. The SMILES string of the molecule is C=C1C2[C@H](O)[C@H](O)[C@]3(C)C([C@H](O)CC4[C@@]5(C)CC[C@@H](C(=C)C)C5CC[C@]43C)[C@@]2(C)CC[C@@H]1O. The minimum Gasteiger partial charge on any atom is -0.393 e. The Balaban J connectivity index is 1.63. The van der Waals surface area contributed by atoms with Gasteiger partial charge in [-0.25, -0.2) is 0 Å². The topological polar surface area (TPSA) is 80.9 Å². The maximum Gasteiger partial charge on any atom is 0.0876 e. The van der Waals surface area contributed by atoms with Crippen molar-refractivity contribution in [1.82, 2.24) is 0 Å². The first kappa shape index (κ1) is 24.0. The number of hydrogen-bond acceptors (Lipinski definition) is 4. The summed E-state index contributed by atoms with van der Waals surface area (Å²) >= 11 is 0. The van der Waals surface area contributed by atoms with Gasteiger partial charge in [0.05, 0.1) is 24.4 Å². The molecule has 0 aromatic carbocycles. The number of fused-ring (bicyclic) bond motifs is 7. The molecule has 4 heteroatoms. The summed E-state index contributed by atoms with van der Waals surface area (Å²) in [6.45, 7) is 19.8. The van der Waals surface area contributed by atoms with Gasteiger partial charge in [0.25, 0.3) is 0 Å². The molecule has 0 aliphatic heterocycles. The van der Waals surface area contributed by atoms with Crippen molar-refractivity contribution < 1.29 is 20.4 Å². The van der Waals surface area contributed by atoms with Crippen LogP contribution in [-0.2, 0) is 0 Å². The van der Waals surface area contributed by atoms with Crippen LogP contribution >= 0.6 is 0 Å². The highest BCUT2D eigenvalue weighted by molar-refractivity contribution is 5.29. The lowest BCUT2D eigenvalue weighted by Gasteiger charge is -2.74. The Bertz CT molecular complexity index is 868. The van der Waals surface area contributed by atoms with Crippen LogP contribution < -0.4 is 0 Å². The second-order valence-corrected chi connectivity index (χ2v) is 13.7. The van der Waals surface area contributed by atoms with E-state index in [4.69, 9.17) is 0 Å². The number of aliphatic hydroxyl groups is 4. The molecule has 5 rings (SSSR count). The predicted molar refractivity (Wildman–Crippen MR) is 130 cm³/mol. The molecular formula is C29H46O4. The van der Waals surface area contributed by atoms with Gasteiger partial charge in [-0.05, 0) is 97.4 Å². The molecule has 0 bridgehead atoms. The Morgan fingerprint density at radius 2 is 1.55 bits per heavy atom. The summed E-state index contributed by atoms with van der Waals surface area (Å²) in [6.07, 6.45) is 3.42. The van der Waals surface area contributed by atoms with Crippen molar-refractivity contribution in [2.24, 2.45) is 51.2 Å². The van der Waals surface area contributed by atoms with Crippen molar-refractivity contribution in [1.29, 1.82) is 0 Å². The van der Waals surface area contributed by atoms with Gasteiger partial charge in [0, 0.05) is 11.3 Å². The summed E-state index contributed by atoms with van der Waals surface area (Å²) in [5.41, 5.74) is 0.837. The molecule has 0 spiro atoms. The summed E-state index contributed by atoms with van der Waals surface area (Å²) in [4.78, 5) is 0. The Labute approximate surface area is 200 Å².